The minimum absolute atomic E-state index is 0.135. The van der Waals surface area contributed by atoms with Crippen LogP contribution >= 0.6 is 0 Å². The highest BCUT2D eigenvalue weighted by Crippen LogP contribution is 2.25. The van der Waals surface area contributed by atoms with Crippen LogP contribution in [0, 0.1) is 11.7 Å². The fourth-order valence-electron chi connectivity index (χ4n) is 3.76. The summed E-state index contributed by atoms with van der Waals surface area (Å²) in [6.45, 7) is 3.99. The molecule has 0 fully saturated rings. The maximum atomic E-state index is 13.8. The number of halogens is 1. The van der Waals surface area contributed by atoms with E-state index in [4.69, 9.17) is 0 Å². The molecule has 3 N–H and O–H groups in total. The van der Waals surface area contributed by atoms with Gasteiger partial charge in [-0.05, 0) is 36.1 Å². The molecule has 0 spiro atoms. The first-order chi connectivity index (χ1) is 15.4. The Bertz CT molecular complexity index is 1280. The van der Waals surface area contributed by atoms with E-state index in [-0.39, 0.29) is 29.9 Å². The van der Waals surface area contributed by atoms with Crippen LogP contribution in [-0.4, -0.2) is 34.4 Å². The number of para-hydroxylation sites is 1. The van der Waals surface area contributed by atoms with Crippen LogP contribution in [-0.2, 0) is 11.2 Å². The molecule has 2 heterocycles. The van der Waals surface area contributed by atoms with Crippen molar-refractivity contribution in [2.45, 2.75) is 26.3 Å². The summed E-state index contributed by atoms with van der Waals surface area (Å²) < 4.78 is 13.8. The van der Waals surface area contributed by atoms with Gasteiger partial charge < -0.3 is 15.6 Å². The average Bonchev–Trinajstić information content (AvgIpc) is 3.16. The molecule has 7 heteroatoms. The van der Waals surface area contributed by atoms with Crippen LogP contribution < -0.4 is 10.6 Å². The fourth-order valence-corrected chi connectivity index (χ4v) is 3.76. The number of amides is 2. The van der Waals surface area contributed by atoms with E-state index in [0.717, 1.165) is 21.8 Å². The maximum absolute atomic E-state index is 13.8. The highest BCUT2D eigenvalue weighted by Gasteiger charge is 2.25. The zero-order chi connectivity index (χ0) is 22.7. The molecule has 0 aliphatic heterocycles. The Kier molecular flexibility index (Phi) is 6.16. The Balaban J connectivity index is 1.45. The Morgan fingerprint density at radius 2 is 1.78 bits per heavy atom. The molecule has 2 aromatic heterocycles. The third kappa shape index (κ3) is 4.46. The van der Waals surface area contributed by atoms with E-state index in [1.165, 1.54) is 6.07 Å². The largest absolute Gasteiger partial charge is 0.354 e. The van der Waals surface area contributed by atoms with Crippen LogP contribution in [0.25, 0.3) is 21.8 Å². The van der Waals surface area contributed by atoms with Gasteiger partial charge in [0.15, 0.2) is 0 Å². The molecular weight excluding hydrogens is 407 g/mol. The predicted octanol–water partition coefficient (Wildman–Crippen LogP) is 3.97. The summed E-state index contributed by atoms with van der Waals surface area (Å²) in [5, 5.41) is 7.50. The number of H-pyrrole nitrogens is 1. The number of nitrogens with one attached hydrogen (secondary N) is 3. The van der Waals surface area contributed by atoms with Gasteiger partial charge in [-0.3, -0.25) is 9.59 Å². The van der Waals surface area contributed by atoms with Crippen molar-refractivity contribution in [2.75, 3.05) is 6.54 Å². The van der Waals surface area contributed by atoms with Crippen molar-refractivity contribution in [3.05, 3.63) is 77.9 Å². The van der Waals surface area contributed by atoms with Crippen LogP contribution in [0.2, 0.25) is 0 Å². The molecule has 0 aliphatic rings. The fraction of sp³-hybridized carbons (Fsp3) is 0.240. The summed E-state index contributed by atoms with van der Waals surface area (Å²) in [6.07, 6.45) is 2.00. The highest BCUT2D eigenvalue weighted by molar-refractivity contribution is 6.09. The number of carbonyl (C=O) groups is 2. The van der Waals surface area contributed by atoms with Gasteiger partial charge in [0.2, 0.25) is 5.91 Å². The van der Waals surface area contributed by atoms with Gasteiger partial charge in [-0.1, -0.05) is 50.2 Å². The first kappa shape index (κ1) is 21.5. The maximum Gasteiger partial charge on any atom is 0.270 e. The molecule has 4 rings (SSSR count). The van der Waals surface area contributed by atoms with Crippen molar-refractivity contribution in [3.8, 4) is 0 Å². The molecule has 2 aromatic carbocycles. The van der Waals surface area contributed by atoms with Crippen LogP contribution in [0.5, 0.6) is 0 Å². The number of fused-ring (bicyclic) bond motifs is 3. The van der Waals surface area contributed by atoms with Crippen molar-refractivity contribution in [1.82, 2.24) is 20.6 Å². The minimum Gasteiger partial charge on any atom is -0.354 e. The lowest BCUT2D eigenvalue weighted by molar-refractivity contribution is -0.123. The van der Waals surface area contributed by atoms with E-state index in [1.54, 1.807) is 30.5 Å². The highest BCUT2D eigenvalue weighted by atomic mass is 19.1. The molecule has 164 valence electrons. The Morgan fingerprint density at radius 1 is 1.03 bits per heavy atom. The normalized spacial score (nSPS) is 12.2. The van der Waals surface area contributed by atoms with E-state index in [2.05, 4.69) is 20.6 Å². The van der Waals surface area contributed by atoms with Gasteiger partial charge in [0, 0.05) is 22.8 Å². The lowest BCUT2D eigenvalue weighted by Crippen LogP contribution is -2.50. The Hall–Kier alpha value is -3.74. The third-order valence-corrected chi connectivity index (χ3v) is 5.51. The molecule has 0 saturated carbocycles. The number of aromatic nitrogens is 2. The van der Waals surface area contributed by atoms with Gasteiger partial charge in [-0.15, -0.1) is 0 Å². The van der Waals surface area contributed by atoms with Crippen LogP contribution in [0.15, 0.2) is 60.8 Å². The third-order valence-electron chi connectivity index (χ3n) is 5.51. The second-order valence-corrected chi connectivity index (χ2v) is 8.11. The lowest BCUT2D eigenvalue weighted by Gasteiger charge is -2.21. The summed E-state index contributed by atoms with van der Waals surface area (Å²) in [4.78, 5) is 33.2. The molecule has 32 heavy (non-hydrogen) atoms. The van der Waals surface area contributed by atoms with E-state index < -0.39 is 11.9 Å². The number of aromatic amines is 1. The monoisotopic (exact) mass is 432 g/mol. The molecule has 6 nitrogen and oxygen atoms in total. The molecule has 2 amide bonds. The van der Waals surface area contributed by atoms with E-state index in [9.17, 15) is 14.0 Å². The first-order valence-electron chi connectivity index (χ1n) is 10.6. The van der Waals surface area contributed by atoms with Gasteiger partial charge in [-0.25, -0.2) is 9.37 Å². The quantitative estimate of drug-likeness (QED) is 0.413. The smallest absolute Gasteiger partial charge is 0.270 e. The van der Waals surface area contributed by atoms with Crippen LogP contribution in [0.4, 0.5) is 4.39 Å². The Morgan fingerprint density at radius 3 is 2.56 bits per heavy atom. The van der Waals surface area contributed by atoms with Crippen molar-refractivity contribution in [3.63, 3.8) is 0 Å². The molecule has 1 atom stereocenters. The number of nitrogens with zero attached hydrogens (tertiary/aromatic N) is 1. The number of hydrogen-bond donors (Lipinski definition) is 3. The van der Waals surface area contributed by atoms with Gasteiger partial charge in [0.25, 0.3) is 5.91 Å². The summed E-state index contributed by atoms with van der Waals surface area (Å²) >= 11 is 0. The summed E-state index contributed by atoms with van der Waals surface area (Å²) in [5.41, 5.74) is 2.59. The number of hydrogen-bond acceptors (Lipinski definition) is 3. The van der Waals surface area contributed by atoms with E-state index >= 15 is 0 Å². The molecule has 0 radical (unpaired) electrons. The van der Waals surface area contributed by atoms with Crippen molar-refractivity contribution in [2.24, 2.45) is 5.92 Å². The van der Waals surface area contributed by atoms with E-state index in [1.807, 2.05) is 38.1 Å². The average molecular weight is 432 g/mol. The van der Waals surface area contributed by atoms with Crippen LogP contribution in [0.3, 0.4) is 0 Å². The van der Waals surface area contributed by atoms with Gasteiger partial charge in [0.05, 0.1) is 11.7 Å². The number of benzene rings is 2. The second kappa shape index (κ2) is 9.18. The summed E-state index contributed by atoms with van der Waals surface area (Å²) in [6, 6.07) is 15.3. The molecule has 0 bridgehead atoms. The molecule has 0 aliphatic carbocycles. The topological polar surface area (TPSA) is 86.9 Å². The van der Waals surface area contributed by atoms with Crippen molar-refractivity contribution in [1.29, 1.82) is 0 Å². The molecule has 4 aromatic rings. The van der Waals surface area contributed by atoms with Crippen molar-refractivity contribution >= 4 is 33.6 Å². The van der Waals surface area contributed by atoms with Gasteiger partial charge in [-0.2, -0.15) is 0 Å². The summed E-state index contributed by atoms with van der Waals surface area (Å²) in [5.74, 6) is -1.16. The lowest BCUT2D eigenvalue weighted by atomic mass is 10.0. The first-order valence-corrected chi connectivity index (χ1v) is 10.6. The zero-order valence-corrected chi connectivity index (χ0v) is 18.0. The summed E-state index contributed by atoms with van der Waals surface area (Å²) in [7, 11) is 0. The van der Waals surface area contributed by atoms with Crippen LogP contribution in [0.1, 0.15) is 29.9 Å². The molecule has 0 saturated heterocycles. The number of rotatable bonds is 7. The minimum atomic E-state index is -0.733. The molecular formula is C25H25FN4O2. The second-order valence-electron chi connectivity index (χ2n) is 8.11. The van der Waals surface area contributed by atoms with Gasteiger partial charge in [0.1, 0.15) is 17.6 Å². The zero-order valence-electron chi connectivity index (χ0n) is 18.0. The number of pyridine rings is 1. The predicted molar refractivity (Wildman–Crippen MR) is 123 cm³/mol. The molecule has 1 unspecified atom stereocenters. The Labute approximate surface area is 185 Å². The van der Waals surface area contributed by atoms with Crippen molar-refractivity contribution < 1.29 is 14.0 Å². The number of carbonyl (C=O) groups excluding carboxylic acids is 2. The van der Waals surface area contributed by atoms with E-state index in [0.29, 0.717) is 12.0 Å². The SMILES string of the molecule is CC(C)C(NC(=O)c1cc2c(cn1)[nH]c1ccccc12)C(=O)NCCc1ccccc1F. The van der Waals surface area contributed by atoms with Gasteiger partial charge >= 0.3 is 0 Å². The standard InChI is InChI=1S/C25H25FN4O2/c1-15(2)23(25(32)27-12-11-16-7-3-5-9-19(16)26)30-24(31)21-13-18-17-8-4-6-10-20(17)29-22(18)14-28-21/h3-10,13-15,23,29H,11-12H2,1-2H3,(H,27,32)(H,30,31).